The molecule has 0 atom stereocenters. The van der Waals surface area contributed by atoms with E-state index in [4.69, 9.17) is 0 Å². The number of urea groups is 1. The summed E-state index contributed by atoms with van der Waals surface area (Å²) in [7, 11) is 0. The maximum atomic E-state index is 12.3. The van der Waals surface area contributed by atoms with Crippen LogP contribution in [0.3, 0.4) is 0 Å². The highest BCUT2D eigenvalue weighted by Gasteiger charge is 2.25. The Morgan fingerprint density at radius 2 is 1.94 bits per heavy atom. The molecule has 0 unspecified atom stereocenters. The summed E-state index contributed by atoms with van der Waals surface area (Å²) in [5.74, 6) is 0.780. The Hall–Kier alpha value is -0.730. The average molecular weight is 226 g/mol. The van der Waals surface area contributed by atoms with Gasteiger partial charge in [-0.2, -0.15) is 0 Å². The highest BCUT2D eigenvalue weighted by atomic mass is 16.2. The van der Waals surface area contributed by atoms with Crippen molar-refractivity contribution in [3.8, 4) is 0 Å². The molecule has 3 heteroatoms. The van der Waals surface area contributed by atoms with Crippen LogP contribution in [0.4, 0.5) is 4.79 Å². The zero-order valence-corrected chi connectivity index (χ0v) is 11.2. The Balaban J connectivity index is 2.53. The van der Waals surface area contributed by atoms with E-state index >= 15 is 0 Å². The lowest BCUT2D eigenvalue weighted by molar-refractivity contribution is 0.124. The normalized spacial score (nSPS) is 17.9. The van der Waals surface area contributed by atoms with Gasteiger partial charge < -0.3 is 9.80 Å². The molecule has 1 fully saturated rings. The van der Waals surface area contributed by atoms with Gasteiger partial charge in [0.05, 0.1) is 0 Å². The number of piperidine rings is 1. The number of amides is 2. The molecule has 0 saturated carbocycles. The summed E-state index contributed by atoms with van der Waals surface area (Å²) in [5, 5.41) is 0. The first-order valence-corrected chi connectivity index (χ1v) is 6.61. The van der Waals surface area contributed by atoms with Crippen LogP contribution in [0.2, 0.25) is 0 Å². The van der Waals surface area contributed by atoms with Crippen LogP contribution in [0, 0.1) is 5.92 Å². The first-order chi connectivity index (χ1) is 7.56. The largest absolute Gasteiger partial charge is 0.325 e. The van der Waals surface area contributed by atoms with E-state index in [2.05, 4.69) is 27.7 Å². The van der Waals surface area contributed by atoms with Crippen molar-refractivity contribution in [3.63, 3.8) is 0 Å². The van der Waals surface area contributed by atoms with E-state index in [-0.39, 0.29) is 6.03 Å². The van der Waals surface area contributed by atoms with Crippen molar-refractivity contribution in [2.45, 2.75) is 53.0 Å². The number of hydrogen-bond donors (Lipinski definition) is 0. The minimum Gasteiger partial charge on any atom is -0.325 e. The Labute approximate surface area is 99.8 Å². The molecule has 94 valence electrons. The molecule has 0 bridgehead atoms. The first-order valence-electron chi connectivity index (χ1n) is 6.61. The molecule has 2 amide bonds. The fourth-order valence-electron chi connectivity index (χ4n) is 2.20. The van der Waals surface area contributed by atoms with Gasteiger partial charge in [0.2, 0.25) is 0 Å². The third kappa shape index (κ3) is 3.39. The number of likely N-dealkylation sites (tertiary alicyclic amines) is 1. The molecule has 0 radical (unpaired) electrons. The maximum Gasteiger partial charge on any atom is 0.320 e. The molecule has 0 spiro atoms. The van der Waals surface area contributed by atoms with E-state index in [9.17, 15) is 4.79 Å². The Morgan fingerprint density at radius 1 is 1.38 bits per heavy atom. The van der Waals surface area contributed by atoms with Crippen molar-refractivity contribution < 1.29 is 4.79 Å². The molecule has 0 aromatic heterocycles. The van der Waals surface area contributed by atoms with Crippen molar-refractivity contribution in [2.24, 2.45) is 5.92 Å². The van der Waals surface area contributed by atoms with Crippen LogP contribution in [0.15, 0.2) is 0 Å². The van der Waals surface area contributed by atoms with Gasteiger partial charge in [-0.15, -0.1) is 0 Å². The van der Waals surface area contributed by atoms with Gasteiger partial charge in [-0.05, 0) is 39.0 Å². The van der Waals surface area contributed by atoms with Gasteiger partial charge in [0.15, 0.2) is 0 Å². The Kier molecular flexibility index (Phi) is 5.10. The van der Waals surface area contributed by atoms with Crippen LogP contribution in [0.5, 0.6) is 0 Å². The van der Waals surface area contributed by atoms with Crippen molar-refractivity contribution in [3.05, 3.63) is 0 Å². The van der Waals surface area contributed by atoms with E-state index in [0.29, 0.717) is 6.04 Å². The quantitative estimate of drug-likeness (QED) is 0.725. The molecular weight excluding hydrogens is 200 g/mol. The van der Waals surface area contributed by atoms with Crippen LogP contribution >= 0.6 is 0 Å². The number of nitrogens with zero attached hydrogens (tertiary/aromatic N) is 2. The highest BCUT2D eigenvalue weighted by Crippen LogP contribution is 2.18. The summed E-state index contributed by atoms with van der Waals surface area (Å²) < 4.78 is 0. The Bertz CT molecular complexity index is 220. The van der Waals surface area contributed by atoms with Gasteiger partial charge in [-0.25, -0.2) is 4.79 Å². The molecule has 1 aliphatic rings. The molecule has 1 saturated heterocycles. The van der Waals surface area contributed by atoms with E-state index in [1.54, 1.807) is 0 Å². The predicted molar refractivity (Wildman–Crippen MR) is 67.5 cm³/mol. The van der Waals surface area contributed by atoms with Gasteiger partial charge >= 0.3 is 6.03 Å². The van der Waals surface area contributed by atoms with E-state index in [1.165, 1.54) is 0 Å². The summed E-state index contributed by atoms with van der Waals surface area (Å²) in [6.45, 7) is 11.3. The zero-order valence-electron chi connectivity index (χ0n) is 11.2. The van der Waals surface area contributed by atoms with Gasteiger partial charge in [0.1, 0.15) is 0 Å². The minimum absolute atomic E-state index is 0.240. The van der Waals surface area contributed by atoms with Crippen LogP contribution < -0.4 is 0 Å². The van der Waals surface area contributed by atoms with Gasteiger partial charge in [-0.3, -0.25) is 0 Å². The molecule has 3 nitrogen and oxygen atoms in total. The summed E-state index contributed by atoms with van der Waals surface area (Å²) >= 11 is 0. The van der Waals surface area contributed by atoms with Gasteiger partial charge in [0.25, 0.3) is 0 Å². The molecule has 0 aromatic carbocycles. The number of carbonyl (C=O) groups is 1. The topological polar surface area (TPSA) is 23.6 Å². The summed E-state index contributed by atoms with van der Waals surface area (Å²) in [5.41, 5.74) is 0. The molecule has 1 rings (SSSR count). The lowest BCUT2D eigenvalue weighted by Crippen LogP contribution is -2.49. The minimum atomic E-state index is 0.240. The van der Waals surface area contributed by atoms with Crippen molar-refractivity contribution >= 4 is 6.03 Å². The van der Waals surface area contributed by atoms with Crippen LogP contribution in [0.25, 0.3) is 0 Å². The third-order valence-corrected chi connectivity index (χ3v) is 3.39. The predicted octanol–water partition coefficient (Wildman–Crippen LogP) is 2.96. The number of hydrogen-bond acceptors (Lipinski definition) is 1. The third-order valence-electron chi connectivity index (χ3n) is 3.39. The maximum absolute atomic E-state index is 12.3. The molecular formula is C13H26N2O. The average Bonchev–Trinajstić information content (AvgIpc) is 2.25. The molecule has 0 aromatic rings. The molecule has 1 heterocycles. The zero-order chi connectivity index (χ0) is 12.1. The van der Waals surface area contributed by atoms with Crippen LogP contribution in [0.1, 0.15) is 47.0 Å². The van der Waals surface area contributed by atoms with Gasteiger partial charge in [-0.1, -0.05) is 13.8 Å². The second-order valence-corrected chi connectivity index (χ2v) is 5.24. The SMILES string of the molecule is CCCN(C(=O)N1CCC(C)CC1)C(C)C. The lowest BCUT2D eigenvalue weighted by atomic mass is 9.99. The molecule has 1 aliphatic heterocycles. The van der Waals surface area contributed by atoms with Crippen molar-refractivity contribution in [1.82, 2.24) is 9.80 Å². The fourth-order valence-corrected chi connectivity index (χ4v) is 2.20. The fraction of sp³-hybridized carbons (Fsp3) is 0.923. The van der Waals surface area contributed by atoms with Gasteiger partial charge in [0, 0.05) is 25.7 Å². The smallest absolute Gasteiger partial charge is 0.320 e. The molecule has 0 N–H and O–H groups in total. The summed E-state index contributed by atoms with van der Waals surface area (Å²) in [6, 6.07) is 0.551. The monoisotopic (exact) mass is 226 g/mol. The first kappa shape index (κ1) is 13.3. The Morgan fingerprint density at radius 3 is 2.38 bits per heavy atom. The van der Waals surface area contributed by atoms with Crippen molar-refractivity contribution in [2.75, 3.05) is 19.6 Å². The summed E-state index contributed by atoms with van der Waals surface area (Å²) in [4.78, 5) is 16.3. The number of rotatable bonds is 3. The van der Waals surface area contributed by atoms with Crippen LogP contribution in [-0.2, 0) is 0 Å². The molecule has 16 heavy (non-hydrogen) atoms. The standard InChI is InChI=1S/C13H26N2O/c1-5-8-15(11(2)3)13(16)14-9-6-12(4)7-10-14/h11-12H,5-10H2,1-4H3. The number of carbonyl (C=O) groups excluding carboxylic acids is 1. The molecule has 0 aliphatic carbocycles. The lowest BCUT2D eigenvalue weighted by Gasteiger charge is -2.36. The second kappa shape index (κ2) is 6.12. The highest BCUT2D eigenvalue weighted by molar-refractivity contribution is 5.74. The van der Waals surface area contributed by atoms with E-state index in [0.717, 1.165) is 44.8 Å². The van der Waals surface area contributed by atoms with E-state index in [1.807, 2.05) is 9.80 Å². The van der Waals surface area contributed by atoms with Crippen LogP contribution in [-0.4, -0.2) is 41.5 Å². The second-order valence-electron chi connectivity index (χ2n) is 5.24. The van der Waals surface area contributed by atoms with Crippen molar-refractivity contribution in [1.29, 1.82) is 0 Å². The van der Waals surface area contributed by atoms with E-state index < -0.39 is 0 Å². The summed E-state index contributed by atoms with van der Waals surface area (Å²) in [6.07, 6.45) is 3.35.